The summed E-state index contributed by atoms with van der Waals surface area (Å²) < 4.78 is 5.99. The first kappa shape index (κ1) is 19.0. The predicted molar refractivity (Wildman–Crippen MR) is 112 cm³/mol. The Kier molecular flexibility index (Phi) is 3.98. The molecule has 1 aliphatic heterocycles. The van der Waals surface area contributed by atoms with Crippen LogP contribution in [0.15, 0.2) is 30.3 Å². The first-order chi connectivity index (χ1) is 13.0. The van der Waals surface area contributed by atoms with Crippen LogP contribution in [0.5, 0.6) is 5.75 Å². The van der Waals surface area contributed by atoms with Crippen molar-refractivity contribution in [2.24, 2.45) is 0 Å². The number of hydrogen-bond acceptors (Lipinski definition) is 2. The van der Waals surface area contributed by atoms with Crippen LogP contribution in [-0.2, 0) is 16.2 Å². The van der Waals surface area contributed by atoms with Gasteiger partial charge in [-0.25, -0.2) is 4.79 Å². The van der Waals surface area contributed by atoms with Gasteiger partial charge in [0.1, 0.15) is 12.4 Å². The van der Waals surface area contributed by atoms with Gasteiger partial charge in [-0.05, 0) is 71.9 Å². The summed E-state index contributed by atoms with van der Waals surface area (Å²) in [6.45, 7) is 14.3. The normalized spacial score (nSPS) is 24.2. The van der Waals surface area contributed by atoms with E-state index >= 15 is 0 Å². The fourth-order valence-corrected chi connectivity index (χ4v) is 5.07. The zero-order valence-corrected chi connectivity index (χ0v) is 17.8. The van der Waals surface area contributed by atoms with Crippen LogP contribution < -0.4 is 4.74 Å². The van der Waals surface area contributed by atoms with Gasteiger partial charge in [-0.15, -0.1) is 0 Å². The highest BCUT2D eigenvalue weighted by atomic mass is 16.5. The van der Waals surface area contributed by atoms with Crippen LogP contribution in [0.4, 0.5) is 0 Å². The number of carboxylic acid groups (broad SMARTS) is 1. The summed E-state index contributed by atoms with van der Waals surface area (Å²) in [6.07, 6.45) is 2.38. The summed E-state index contributed by atoms with van der Waals surface area (Å²) in [6, 6.07) is 10.1. The highest BCUT2D eigenvalue weighted by Crippen LogP contribution is 2.50. The van der Waals surface area contributed by atoms with Crippen LogP contribution in [-0.4, -0.2) is 17.7 Å². The van der Waals surface area contributed by atoms with Crippen molar-refractivity contribution in [3.05, 3.63) is 63.7 Å². The first-order valence-electron chi connectivity index (χ1n) is 10.1. The molecule has 1 heterocycles. The Hall–Kier alpha value is -2.29. The number of ether oxygens (including phenoxy) is 1. The zero-order valence-electron chi connectivity index (χ0n) is 17.8. The van der Waals surface area contributed by atoms with Gasteiger partial charge in [-0.1, -0.05) is 45.9 Å². The van der Waals surface area contributed by atoms with E-state index in [1.165, 1.54) is 35.1 Å². The summed E-state index contributed by atoms with van der Waals surface area (Å²) >= 11 is 0. The van der Waals surface area contributed by atoms with E-state index in [2.05, 4.69) is 53.7 Å². The van der Waals surface area contributed by atoms with Gasteiger partial charge in [0.2, 0.25) is 0 Å². The molecule has 1 N–H and O–H groups in total. The van der Waals surface area contributed by atoms with E-state index in [0.29, 0.717) is 12.4 Å². The molecule has 0 amide bonds. The third-order valence-electron chi connectivity index (χ3n) is 7.13. The summed E-state index contributed by atoms with van der Waals surface area (Å²) in [5, 5.41) is 9.29. The van der Waals surface area contributed by atoms with E-state index in [-0.39, 0.29) is 21.8 Å². The van der Waals surface area contributed by atoms with Crippen LogP contribution in [0.1, 0.15) is 85.6 Å². The molecule has 0 fully saturated rings. The lowest BCUT2D eigenvalue weighted by Gasteiger charge is -2.43. The molecule has 0 radical (unpaired) electrons. The molecule has 0 aromatic heterocycles. The van der Waals surface area contributed by atoms with Gasteiger partial charge in [0.15, 0.2) is 0 Å². The number of rotatable bonds is 2. The average molecular weight is 379 g/mol. The lowest BCUT2D eigenvalue weighted by molar-refractivity contribution is 0.0696. The molecular weight excluding hydrogens is 348 g/mol. The molecule has 2 aromatic carbocycles. The van der Waals surface area contributed by atoms with Crippen LogP contribution in [0.25, 0.3) is 0 Å². The summed E-state index contributed by atoms with van der Waals surface area (Å²) in [7, 11) is 0. The van der Waals surface area contributed by atoms with Crippen molar-refractivity contribution in [2.45, 2.75) is 70.6 Å². The minimum atomic E-state index is -0.922. The summed E-state index contributed by atoms with van der Waals surface area (Å²) in [4.78, 5) is 11.3. The van der Waals surface area contributed by atoms with Crippen LogP contribution >= 0.6 is 0 Å². The van der Waals surface area contributed by atoms with Crippen molar-refractivity contribution in [1.29, 1.82) is 0 Å². The Morgan fingerprint density at radius 1 is 0.893 bits per heavy atom. The van der Waals surface area contributed by atoms with Crippen molar-refractivity contribution in [2.75, 3.05) is 6.61 Å². The Labute approximate surface area is 167 Å². The number of aromatic carboxylic acids is 1. The fourth-order valence-electron chi connectivity index (χ4n) is 5.07. The minimum absolute atomic E-state index is 0.152. The van der Waals surface area contributed by atoms with Gasteiger partial charge in [-0.2, -0.15) is 0 Å². The number of hydrogen-bond donors (Lipinski definition) is 1. The van der Waals surface area contributed by atoms with Gasteiger partial charge >= 0.3 is 5.97 Å². The summed E-state index contributed by atoms with van der Waals surface area (Å²) in [5.74, 6) is -0.229. The molecule has 1 unspecified atom stereocenters. The highest BCUT2D eigenvalue weighted by molar-refractivity contribution is 5.88. The van der Waals surface area contributed by atoms with Gasteiger partial charge in [0, 0.05) is 5.56 Å². The second kappa shape index (κ2) is 5.85. The van der Waals surface area contributed by atoms with E-state index in [4.69, 9.17) is 4.74 Å². The maximum Gasteiger partial charge on any atom is 0.335 e. The molecule has 2 aliphatic rings. The summed E-state index contributed by atoms with van der Waals surface area (Å²) in [5.41, 5.74) is 6.90. The van der Waals surface area contributed by atoms with Crippen molar-refractivity contribution >= 4 is 5.97 Å². The van der Waals surface area contributed by atoms with E-state index < -0.39 is 5.97 Å². The molecule has 3 heteroatoms. The monoisotopic (exact) mass is 378 g/mol. The largest absolute Gasteiger partial charge is 0.492 e. The van der Waals surface area contributed by atoms with Gasteiger partial charge in [0.25, 0.3) is 0 Å². The Morgan fingerprint density at radius 2 is 1.50 bits per heavy atom. The lowest BCUT2D eigenvalue weighted by atomic mass is 9.61. The average Bonchev–Trinajstić information content (AvgIpc) is 2.96. The highest BCUT2D eigenvalue weighted by Gasteiger charge is 2.43. The van der Waals surface area contributed by atoms with Crippen LogP contribution in [0, 0.1) is 6.92 Å². The molecule has 2 aromatic rings. The molecular formula is C25H30O3. The molecule has 148 valence electrons. The zero-order chi connectivity index (χ0) is 20.5. The van der Waals surface area contributed by atoms with Crippen molar-refractivity contribution < 1.29 is 14.6 Å². The van der Waals surface area contributed by atoms with E-state index in [1.54, 1.807) is 12.1 Å². The van der Waals surface area contributed by atoms with Gasteiger partial charge in [-0.3, -0.25) is 0 Å². The van der Waals surface area contributed by atoms with Crippen LogP contribution in [0.3, 0.4) is 0 Å². The Morgan fingerprint density at radius 3 is 2.11 bits per heavy atom. The Bertz CT molecular complexity index is 984. The molecule has 0 saturated heterocycles. The first-order valence-corrected chi connectivity index (χ1v) is 10.1. The fraction of sp³-hybridized carbons (Fsp3) is 0.480. The topological polar surface area (TPSA) is 46.5 Å². The second-order valence-corrected chi connectivity index (χ2v) is 10.1. The second-order valence-electron chi connectivity index (χ2n) is 10.1. The van der Waals surface area contributed by atoms with E-state index in [0.717, 1.165) is 5.56 Å². The molecule has 1 atom stereocenters. The predicted octanol–water partition coefficient (Wildman–Crippen LogP) is 5.74. The molecule has 0 bridgehead atoms. The standard InChI is InChI=1S/C25H30O3/c1-15-11-19-20(24(4,5)10-9-23(19,2)3)13-18(15)25(6)14-28-21-12-16(22(26)27)7-8-17(21)25/h7-8,11-13H,9-10,14H2,1-6H3,(H,26,27). The van der Waals surface area contributed by atoms with Crippen molar-refractivity contribution in [3.63, 3.8) is 0 Å². The molecule has 4 rings (SSSR count). The third kappa shape index (κ3) is 2.67. The van der Waals surface area contributed by atoms with Gasteiger partial charge in [0.05, 0.1) is 11.0 Å². The van der Waals surface area contributed by atoms with Crippen molar-refractivity contribution in [3.8, 4) is 5.75 Å². The van der Waals surface area contributed by atoms with E-state index in [9.17, 15) is 9.90 Å². The molecule has 0 saturated carbocycles. The van der Waals surface area contributed by atoms with Crippen LogP contribution in [0.2, 0.25) is 0 Å². The maximum atomic E-state index is 11.3. The number of carbonyl (C=O) groups is 1. The third-order valence-corrected chi connectivity index (χ3v) is 7.13. The molecule has 3 nitrogen and oxygen atoms in total. The lowest BCUT2D eigenvalue weighted by Crippen LogP contribution is -2.35. The molecule has 0 spiro atoms. The quantitative estimate of drug-likeness (QED) is 0.725. The molecule has 1 aliphatic carbocycles. The SMILES string of the molecule is Cc1cc2c(cc1C1(C)COc3cc(C(=O)O)ccc31)C(C)(C)CCC2(C)C. The number of aryl methyl sites for hydroxylation is 1. The van der Waals surface area contributed by atoms with Gasteiger partial charge < -0.3 is 9.84 Å². The number of fused-ring (bicyclic) bond motifs is 2. The minimum Gasteiger partial charge on any atom is -0.492 e. The smallest absolute Gasteiger partial charge is 0.335 e. The van der Waals surface area contributed by atoms with E-state index in [1.807, 2.05) is 6.07 Å². The number of benzene rings is 2. The Balaban J connectivity index is 1.89. The maximum absolute atomic E-state index is 11.3. The van der Waals surface area contributed by atoms with Crippen molar-refractivity contribution in [1.82, 2.24) is 0 Å². The molecule has 28 heavy (non-hydrogen) atoms. The number of carboxylic acids is 1.